The second-order valence-corrected chi connectivity index (χ2v) is 6.15. The molecule has 0 heterocycles. The molecule has 1 aromatic carbocycles. The summed E-state index contributed by atoms with van der Waals surface area (Å²) in [6, 6.07) is 8.74. The van der Waals surface area contributed by atoms with Gasteiger partial charge in [-0.15, -0.1) is 0 Å². The lowest BCUT2D eigenvalue weighted by atomic mass is 9.83. The van der Waals surface area contributed by atoms with Gasteiger partial charge in [-0.3, -0.25) is 11.3 Å². The number of hydrazine groups is 1. The summed E-state index contributed by atoms with van der Waals surface area (Å²) in [4.78, 5) is 0. The lowest BCUT2D eigenvalue weighted by molar-refractivity contribution is -0.0734. The van der Waals surface area contributed by atoms with Crippen LogP contribution in [0.3, 0.4) is 0 Å². The number of nitrogens with two attached hydrogens (primary N) is 1. The summed E-state index contributed by atoms with van der Waals surface area (Å²) < 4.78 is 6.11. The highest BCUT2D eigenvalue weighted by molar-refractivity contribution is 5.28. The zero-order valence-electron chi connectivity index (χ0n) is 14.3. The first kappa shape index (κ1) is 18.1. The van der Waals surface area contributed by atoms with Crippen LogP contribution in [0.15, 0.2) is 24.3 Å². The number of benzene rings is 1. The van der Waals surface area contributed by atoms with E-state index in [1.54, 1.807) is 0 Å². The molecule has 3 N–H and O–H groups in total. The third kappa shape index (κ3) is 4.53. The first-order valence-electron chi connectivity index (χ1n) is 8.21. The van der Waals surface area contributed by atoms with Crippen molar-refractivity contribution in [2.45, 2.75) is 65.5 Å². The molecule has 0 saturated heterocycles. The molecule has 1 rings (SSSR count). The van der Waals surface area contributed by atoms with E-state index in [1.807, 2.05) is 6.92 Å². The third-order valence-corrected chi connectivity index (χ3v) is 4.25. The van der Waals surface area contributed by atoms with Crippen LogP contribution in [0, 0.1) is 5.92 Å². The van der Waals surface area contributed by atoms with Crippen LogP contribution in [0.5, 0.6) is 0 Å². The fraction of sp³-hybridized carbons (Fsp3) is 0.667. The van der Waals surface area contributed by atoms with Crippen LogP contribution in [0.1, 0.15) is 64.6 Å². The standard InChI is InChI=1S/C18H32N2O/c1-6-18(7-2,21-8-3)17(20-19)16-11-9-10-15(13-16)12-14(4)5/h9-11,13-14,17,20H,6-8,12,19H2,1-5H3. The molecule has 21 heavy (non-hydrogen) atoms. The van der Waals surface area contributed by atoms with Crippen molar-refractivity contribution in [1.82, 2.24) is 5.43 Å². The van der Waals surface area contributed by atoms with E-state index < -0.39 is 0 Å². The van der Waals surface area contributed by atoms with Gasteiger partial charge in [-0.1, -0.05) is 52.0 Å². The molecule has 3 heteroatoms. The van der Waals surface area contributed by atoms with E-state index >= 15 is 0 Å². The minimum atomic E-state index is -0.250. The Balaban J connectivity index is 3.12. The Morgan fingerprint density at radius 3 is 2.33 bits per heavy atom. The van der Waals surface area contributed by atoms with Gasteiger partial charge in [0, 0.05) is 6.61 Å². The number of hydrogen-bond donors (Lipinski definition) is 2. The van der Waals surface area contributed by atoms with Crippen LogP contribution in [-0.4, -0.2) is 12.2 Å². The summed E-state index contributed by atoms with van der Waals surface area (Å²) in [5, 5.41) is 0. The zero-order valence-corrected chi connectivity index (χ0v) is 14.3. The summed E-state index contributed by atoms with van der Waals surface area (Å²) in [5.41, 5.74) is 5.33. The van der Waals surface area contributed by atoms with Gasteiger partial charge in [-0.05, 0) is 43.2 Å². The SMILES string of the molecule is CCOC(CC)(CC)C(NN)c1cccc(CC(C)C)c1. The molecule has 1 aromatic rings. The molecule has 3 nitrogen and oxygen atoms in total. The molecule has 0 aromatic heterocycles. The van der Waals surface area contributed by atoms with Crippen LogP contribution in [0.2, 0.25) is 0 Å². The summed E-state index contributed by atoms with van der Waals surface area (Å²) in [6.45, 7) is 11.6. The Hall–Kier alpha value is -0.900. The molecule has 1 unspecified atom stereocenters. The van der Waals surface area contributed by atoms with E-state index in [2.05, 4.69) is 57.4 Å². The molecular formula is C18H32N2O. The number of rotatable bonds is 9. The maximum atomic E-state index is 6.11. The predicted molar refractivity (Wildman–Crippen MR) is 90.0 cm³/mol. The highest BCUT2D eigenvalue weighted by Crippen LogP contribution is 2.35. The lowest BCUT2D eigenvalue weighted by Crippen LogP contribution is -2.48. The van der Waals surface area contributed by atoms with Crippen LogP contribution >= 0.6 is 0 Å². The molecule has 0 amide bonds. The average molecular weight is 292 g/mol. The first-order chi connectivity index (χ1) is 10.0. The van der Waals surface area contributed by atoms with Gasteiger partial charge in [0.05, 0.1) is 11.6 Å². The van der Waals surface area contributed by atoms with Crippen LogP contribution in [0.25, 0.3) is 0 Å². The van der Waals surface area contributed by atoms with E-state index in [0.717, 1.165) is 19.3 Å². The Morgan fingerprint density at radius 1 is 1.19 bits per heavy atom. The highest BCUT2D eigenvalue weighted by atomic mass is 16.5. The molecule has 0 saturated carbocycles. The summed E-state index contributed by atoms with van der Waals surface area (Å²) in [5.74, 6) is 6.55. The van der Waals surface area contributed by atoms with Crippen molar-refractivity contribution in [2.24, 2.45) is 11.8 Å². The molecule has 0 fully saturated rings. The largest absolute Gasteiger partial charge is 0.373 e. The van der Waals surface area contributed by atoms with Crippen molar-refractivity contribution < 1.29 is 4.74 Å². The maximum absolute atomic E-state index is 6.11. The molecule has 0 aliphatic rings. The fourth-order valence-electron chi connectivity index (χ4n) is 3.16. The normalized spacial score (nSPS) is 13.7. The van der Waals surface area contributed by atoms with Crippen LogP contribution < -0.4 is 11.3 Å². The van der Waals surface area contributed by atoms with Crippen LogP contribution in [0.4, 0.5) is 0 Å². The number of ether oxygens (including phenoxy) is 1. The van der Waals surface area contributed by atoms with Crippen molar-refractivity contribution >= 4 is 0 Å². The summed E-state index contributed by atoms with van der Waals surface area (Å²) in [6.07, 6.45) is 2.95. The van der Waals surface area contributed by atoms with Crippen LogP contribution in [-0.2, 0) is 11.2 Å². The predicted octanol–water partition coefficient (Wildman–Crippen LogP) is 3.98. The second kappa shape index (κ2) is 8.52. The minimum absolute atomic E-state index is 0.0135. The van der Waals surface area contributed by atoms with E-state index in [4.69, 9.17) is 10.6 Å². The Kier molecular flexibility index (Phi) is 7.36. The smallest absolute Gasteiger partial charge is 0.0883 e. The topological polar surface area (TPSA) is 47.3 Å². The Morgan fingerprint density at radius 2 is 1.86 bits per heavy atom. The van der Waals surface area contributed by atoms with Crippen molar-refractivity contribution in [3.63, 3.8) is 0 Å². The van der Waals surface area contributed by atoms with Gasteiger partial charge in [-0.25, -0.2) is 0 Å². The first-order valence-corrected chi connectivity index (χ1v) is 8.21. The van der Waals surface area contributed by atoms with E-state index in [0.29, 0.717) is 12.5 Å². The lowest BCUT2D eigenvalue weighted by Gasteiger charge is -2.39. The number of nitrogens with one attached hydrogen (secondary N) is 1. The zero-order chi connectivity index (χ0) is 15.9. The summed E-state index contributed by atoms with van der Waals surface area (Å²) >= 11 is 0. The molecule has 0 aliphatic heterocycles. The third-order valence-electron chi connectivity index (χ3n) is 4.25. The molecular weight excluding hydrogens is 260 g/mol. The Labute approximate surface area is 130 Å². The van der Waals surface area contributed by atoms with Gasteiger partial charge in [-0.2, -0.15) is 0 Å². The fourth-order valence-corrected chi connectivity index (χ4v) is 3.16. The average Bonchev–Trinajstić information content (AvgIpc) is 2.46. The van der Waals surface area contributed by atoms with Gasteiger partial charge in [0.15, 0.2) is 0 Å². The van der Waals surface area contributed by atoms with Gasteiger partial charge in [0.1, 0.15) is 0 Å². The monoisotopic (exact) mass is 292 g/mol. The van der Waals surface area contributed by atoms with Gasteiger partial charge >= 0.3 is 0 Å². The Bertz CT molecular complexity index is 413. The highest BCUT2D eigenvalue weighted by Gasteiger charge is 2.37. The molecule has 1 atom stereocenters. The summed E-state index contributed by atoms with van der Waals surface area (Å²) in [7, 11) is 0. The van der Waals surface area contributed by atoms with Gasteiger partial charge in [0.2, 0.25) is 0 Å². The van der Waals surface area contributed by atoms with E-state index in [1.165, 1.54) is 11.1 Å². The molecule has 120 valence electrons. The van der Waals surface area contributed by atoms with Crippen molar-refractivity contribution in [3.05, 3.63) is 35.4 Å². The van der Waals surface area contributed by atoms with Gasteiger partial charge < -0.3 is 4.74 Å². The molecule has 0 spiro atoms. The van der Waals surface area contributed by atoms with Gasteiger partial charge in [0.25, 0.3) is 0 Å². The van der Waals surface area contributed by atoms with Crippen molar-refractivity contribution in [1.29, 1.82) is 0 Å². The van der Waals surface area contributed by atoms with Crippen molar-refractivity contribution in [2.75, 3.05) is 6.61 Å². The molecule has 0 aliphatic carbocycles. The number of hydrogen-bond acceptors (Lipinski definition) is 3. The molecule has 0 bridgehead atoms. The van der Waals surface area contributed by atoms with E-state index in [-0.39, 0.29) is 11.6 Å². The molecule has 0 radical (unpaired) electrons. The maximum Gasteiger partial charge on any atom is 0.0883 e. The van der Waals surface area contributed by atoms with E-state index in [9.17, 15) is 0 Å². The quantitative estimate of drug-likeness (QED) is 0.534. The van der Waals surface area contributed by atoms with Crippen molar-refractivity contribution in [3.8, 4) is 0 Å². The minimum Gasteiger partial charge on any atom is -0.373 e. The second-order valence-electron chi connectivity index (χ2n) is 6.15.